The fourth-order valence-electron chi connectivity index (χ4n) is 1.24. The minimum atomic E-state index is -1.24. The predicted molar refractivity (Wildman–Crippen MR) is 72.3 cm³/mol. The summed E-state index contributed by atoms with van der Waals surface area (Å²) in [5, 5.41) is 19.3. The summed E-state index contributed by atoms with van der Waals surface area (Å²) in [5.41, 5.74) is -0.217. The molecule has 0 fully saturated rings. The standard InChI is InChI=1S/C10H4Cl2N2O5S/c11-5-2-1-4(14(17)18)3-6(5)19-10-13-8(12)7(20-10)9(15)16/h1-3H,(H,15,16). The summed E-state index contributed by atoms with van der Waals surface area (Å²) in [6.07, 6.45) is 0. The summed E-state index contributed by atoms with van der Waals surface area (Å²) < 4.78 is 5.23. The quantitative estimate of drug-likeness (QED) is 0.672. The molecule has 104 valence electrons. The maximum atomic E-state index is 10.8. The first-order valence-corrected chi connectivity index (χ1v) is 6.47. The maximum absolute atomic E-state index is 10.8. The normalized spacial score (nSPS) is 10.3. The van der Waals surface area contributed by atoms with Crippen LogP contribution in [0.1, 0.15) is 9.67 Å². The van der Waals surface area contributed by atoms with Crippen molar-refractivity contribution < 1.29 is 19.6 Å². The molecule has 7 nitrogen and oxygen atoms in total. The van der Waals surface area contributed by atoms with Crippen LogP contribution in [0.4, 0.5) is 5.69 Å². The molecule has 1 heterocycles. The third-order valence-electron chi connectivity index (χ3n) is 2.08. The number of nitrogens with zero attached hydrogens (tertiary/aromatic N) is 2. The van der Waals surface area contributed by atoms with E-state index in [4.69, 9.17) is 33.0 Å². The van der Waals surface area contributed by atoms with E-state index in [9.17, 15) is 14.9 Å². The largest absolute Gasteiger partial charge is 0.477 e. The number of hydrogen-bond acceptors (Lipinski definition) is 6. The average Bonchev–Trinajstić information content (AvgIpc) is 2.73. The molecule has 0 aliphatic rings. The van der Waals surface area contributed by atoms with E-state index in [0.717, 1.165) is 6.07 Å². The Balaban J connectivity index is 2.34. The third kappa shape index (κ3) is 2.98. The number of rotatable bonds is 4. The highest BCUT2D eigenvalue weighted by molar-refractivity contribution is 7.15. The number of thiazole rings is 1. The Morgan fingerprint density at radius 2 is 2.15 bits per heavy atom. The molecule has 0 radical (unpaired) electrons. The number of nitro groups is 1. The van der Waals surface area contributed by atoms with Gasteiger partial charge in [-0.1, -0.05) is 34.5 Å². The zero-order chi connectivity index (χ0) is 14.9. The maximum Gasteiger partial charge on any atom is 0.349 e. The summed E-state index contributed by atoms with van der Waals surface area (Å²) in [4.78, 5) is 24.4. The molecule has 1 N–H and O–H groups in total. The molecular weight excluding hydrogens is 331 g/mol. The van der Waals surface area contributed by atoms with Crippen molar-refractivity contribution in [2.24, 2.45) is 0 Å². The van der Waals surface area contributed by atoms with Crippen LogP contribution in [0, 0.1) is 10.1 Å². The molecular formula is C10H4Cl2N2O5S. The average molecular weight is 335 g/mol. The van der Waals surface area contributed by atoms with Gasteiger partial charge in [-0.3, -0.25) is 10.1 Å². The van der Waals surface area contributed by atoms with Gasteiger partial charge in [0.2, 0.25) is 0 Å². The van der Waals surface area contributed by atoms with E-state index < -0.39 is 10.9 Å². The zero-order valence-electron chi connectivity index (χ0n) is 9.37. The lowest BCUT2D eigenvalue weighted by Gasteiger charge is -2.03. The van der Waals surface area contributed by atoms with Gasteiger partial charge in [0.25, 0.3) is 10.9 Å². The smallest absolute Gasteiger partial charge is 0.349 e. The van der Waals surface area contributed by atoms with E-state index in [0.29, 0.717) is 11.3 Å². The van der Waals surface area contributed by atoms with Gasteiger partial charge in [-0.2, -0.15) is 4.98 Å². The Bertz CT molecular complexity index is 703. The number of hydrogen-bond donors (Lipinski definition) is 1. The molecule has 0 aliphatic carbocycles. The van der Waals surface area contributed by atoms with Crippen LogP contribution < -0.4 is 4.74 Å². The Morgan fingerprint density at radius 3 is 2.70 bits per heavy atom. The lowest BCUT2D eigenvalue weighted by atomic mass is 10.3. The molecule has 20 heavy (non-hydrogen) atoms. The molecule has 0 atom stereocenters. The summed E-state index contributed by atoms with van der Waals surface area (Å²) in [6.45, 7) is 0. The molecule has 0 spiro atoms. The van der Waals surface area contributed by atoms with Crippen LogP contribution in [0.3, 0.4) is 0 Å². The van der Waals surface area contributed by atoms with Crippen LogP contribution >= 0.6 is 34.5 Å². The van der Waals surface area contributed by atoms with Gasteiger partial charge in [-0.25, -0.2) is 4.79 Å². The number of halogens is 2. The van der Waals surface area contributed by atoms with Gasteiger partial charge in [0, 0.05) is 6.07 Å². The van der Waals surface area contributed by atoms with Gasteiger partial charge in [0.15, 0.2) is 15.8 Å². The predicted octanol–water partition coefficient (Wildman–Crippen LogP) is 3.85. The van der Waals surface area contributed by atoms with Crippen molar-refractivity contribution in [2.75, 3.05) is 0 Å². The molecule has 0 saturated heterocycles. The number of aromatic nitrogens is 1. The van der Waals surface area contributed by atoms with Gasteiger partial charge in [0.05, 0.1) is 16.0 Å². The number of carboxylic acid groups (broad SMARTS) is 1. The van der Waals surface area contributed by atoms with Crippen LogP contribution in [0.25, 0.3) is 0 Å². The van der Waals surface area contributed by atoms with E-state index in [1.165, 1.54) is 12.1 Å². The van der Waals surface area contributed by atoms with Crippen molar-refractivity contribution in [3.63, 3.8) is 0 Å². The third-order valence-corrected chi connectivity index (χ3v) is 3.70. The van der Waals surface area contributed by atoms with Crippen LogP contribution in [0.5, 0.6) is 10.9 Å². The van der Waals surface area contributed by atoms with Crippen molar-refractivity contribution in [2.45, 2.75) is 0 Å². The minimum Gasteiger partial charge on any atom is -0.477 e. The van der Waals surface area contributed by atoms with Gasteiger partial charge >= 0.3 is 5.97 Å². The Hall–Kier alpha value is -1.90. The van der Waals surface area contributed by atoms with E-state index in [1.807, 2.05) is 0 Å². The first kappa shape index (κ1) is 14.5. The number of non-ortho nitro benzene ring substituents is 1. The molecule has 2 aromatic rings. The second-order valence-corrected chi connectivity index (χ2v) is 5.11. The van der Waals surface area contributed by atoms with Gasteiger partial charge in [-0.15, -0.1) is 0 Å². The SMILES string of the molecule is O=C(O)c1sc(Oc2cc([N+](=O)[O-])ccc2Cl)nc1Cl. The van der Waals surface area contributed by atoms with E-state index in [1.54, 1.807) is 0 Å². The van der Waals surface area contributed by atoms with Crippen molar-refractivity contribution >= 4 is 46.2 Å². The van der Waals surface area contributed by atoms with E-state index in [2.05, 4.69) is 4.98 Å². The van der Waals surface area contributed by atoms with Crippen molar-refractivity contribution in [1.29, 1.82) is 0 Å². The molecule has 0 aliphatic heterocycles. The van der Waals surface area contributed by atoms with Crippen molar-refractivity contribution in [3.05, 3.63) is 43.4 Å². The Kier molecular flexibility index (Phi) is 4.07. The molecule has 0 unspecified atom stereocenters. The fraction of sp³-hybridized carbons (Fsp3) is 0. The van der Waals surface area contributed by atoms with Crippen LogP contribution in [0.2, 0.25) is 10.2 Å². The topological polar surface area (TPSA) is 103 Å². The van der Waals surface area contributed by atoms with E-state index in [-0.39, 0.29) is 31.7 Å². The molecule has 0 bridgehead atoms. The summed E-state index contributed by atoms with van der Waals surface area (Å²) >= 11 is 12.2. The lowest BCUT2D eigenvalue weighted by Crippen LogP contribution is -1.91. The number of benzene rings is 1. The number of carbonyl (C=O) groups is 1. The first-order chi connectivity index (χ1) is 9.38. The fourth-order valence-corrected chi connectivity index (χ4v) is 2.38. The van der Waals surface area contributed by atoms with Crippen LogP contribution in [-0.2, 0) is 0 Å². The van der Waals surface area contributed by atoms with Crippen molar-refractivity contribution in [3.8, 4) is 10.9 Å². The highest BCUT2D eigenvalue weighted by Gasteiger charge is 2.19. The van der Waals surface area contributed by atoms with Crippen LogP contribution in [0.15, 0.2) is 18.2 Å². The Morgan fingerprint density at radius 1 is 1.45 bits per heavy atom. The molecule has 1 aromatic heterocycles. The molecule has 0 amide bonds. The zero-order valence-corrected chi connectivity index (χ0v) is 11.7. The van der Waals surface area contributed by atoms with E-state index >= 15 is 0 Å². The Labute approximate surface area is 125 Å². The molecule has 1 aromatic carbocycles. The second kappa shape index (κ2) is 5.61. The highest BCUT2D eigenvalue weighted by Crippen LogP contribution is 2.36. The lowest BCUT2D eigenvalue weighted by molar-refractivity contribution is -0.384. The van der Waals surface area contributed by atoms with Gasteiger partial charge < -0.3 is 9.84 Å². The minimum absolute atomic E-state index is 0.0109. The summed E-state index contributed by atoms with van der Waals surface area (Å²) in [6, 6.07) is 3.62. The molecule has 10 heteroatoms. The van der Waals surface area contributed by atoms with Crippen molar-refractivity contribution in [1.82, 2.24) is 4.98 Å². The summed E-state index contributed by atoms with van der Waals surface area (Å²) in [7, 11) is 0. The summed E-state index contributed by atoms with van der Waals surface area (Å²) in [5.74, 6) is -1.25. The number of ether oxygens (including phenoxy) is 1. The highest BCUT2D eigenvalue weighted by atomic mass is 35.5. The van der Waals surface area contributed by atoms with Gasteiger partial charge in [-0.05, 0) is 6.07 Å². The number of nitro benzene ring substituents is 1. The van der Waals surface area contributed by atoms with Crippen LogP contribution in [-0.4, -0.2) is 21.0 Å². The molecule has 2 rings (SSSR count). The monoisotopic (exact) mass is 334 g/mol. The first-order valence-electron chi connectivity index (χ1n) is 4.90. The number of aromatic carboxylic acids is 1. The second-order valence-electron chi connectivity index (χ2n) is 3.38. The molecule has 0 saturated carbocycles. The van der Waals surface area contributed by atoms with Gasteiger partial charge in [0.1, 0.15) is 0 Å². The number of carboxylic acids is 1.